The normalized spacial score (nSPS) is 46.4. The molecule has 0 amide bonds. The summed E-state index contributed by atoms with van der Waals surface area (Å²) >= 11 is 3.12. The summed E-state index contributed by atoms with van der Waals surface area (Å²) in [5.74, 6) is 0. The zero-order valence-electron chi connectivity index (χ0n) is 7.13. The second-order valence-corrected chi connectivity index (χ2v) is 3.55. The van der Waals surface area contributed by atoms with Gasteiger partial charge in [-0.2, -0.15) is 0 Å². The molecule has 1 aliphatic heterocycles. The molecular weight excluding hydrogens is 244 g/mol. The van der Waals surface area contributed by atoms with Crippen LogP contribution in [0.5, 0.6) is 0 Å². The highest BCUT2D eigenvalue weighted by Gasteiger charge is 2.43. The second-order valence-electron chi connectivity index (χ2n) is 2.90. The van der Waals surface area contributed by atoms with Crippen LogP contribution in [0.4, 0.5) is 0 Å². The summed E-state index contributed by atoms with van der Waals surface area (Å²) < 4.78 is 9.94. The van der Waals surface area contributed by atoms with Gasteiger partial charge in [0.1, 0.15) is 18.3 Å². The molecule has 3 N–H and O–H groups in total. The van der Waals surface area contributed by atoms with Gasteiger partial charge in [0.25, 0.3) is 0 Å². The standard InChI is InChI=1S/C7H13BrO5/c1-12-7-6(11)5(10)4(9)3(2-8)13-7/h3-7,9-11H,2H2,1H3/t3-,4-,5+,6-,7+/m1/s1. The first-order chi connectivity index (χ1) is 6.11. The Kier molecular flexibility index (Phi) is 4.08. The maximum atomic E-state index is 9.40. The lowest BCUT2D eigenvalue weighted by Gasteiger charge is -2.39. The Bertz CT molecular complexity index is 147. The molecule has 0 unspecified atom stereocenters. The second kappa shape index (κ2) is 4.68. The van der Waals surface area contributed by atoms with Crippen LogP contribution in [0.15, 0.2) is 0 Å². The van der Waals surface area contributed by atoms with Gasteiger partial charge < -0.3 is 24.8 Å². The molecule has 13 heavy (non-hydrogen) atoms. The summed E-state index contributed by atoms with van der Waals surface area (Å²) in [5.41, 5.74) is 0. The van der Waals surface area contributed by atoms with Crippen molar-refractivity contribution in [2.45, 2.75) is 30.7 Å². The molecule has 0 bridgehead atoms. The third-order valence-electron chi connectivity index (χ3n) is 2.05. The highest BCUT2D eigenvalue weighted by molar-refractivity contribution is 9.09. The molecule has 1 aliphatic rings. The van der Waals surface area contributed by atoms with Crippen molar-refractivity contribution in [1.29, 1.82) is 0 Å². The molecular formula is C7H13BrO5. The summed E-state index contributed by atoms with van der Waals surface area (Å²) in [6.45, 7) is 0. The fourth-order valence-electron chi connectivity index (χ4n) is 1.24. The van der Waals surface area contributed by atoms with Gasteiger partial charge in [-0.3, -0.25) is 0 Å². The van der Waals surface area contributed by atoms with Crippen LogP contribution in [0.1, 0.15) is 0 Å². The number of halogens is 1. The zero-order valence-corrected chi connectivity index (χ0v) is 8.72. The number of aliphatic hydroxyl groups excluding tert-OH is 3. The van der Waals surface area contributed by atoms with Gasteiger partial charge in [0, 0.05) is 12.4 Å². The molecule has 0 aromatic rings. The number of ether oxygens (including phenoxy) is 2. The van der Waals surface area contributed by atoms with Crippen molar-refractivity contribution < 1.29 is 24.8 Å². The molecule has 0 aromatic heterocycles. The Morgan fingerprint density at radius 2 is 1.85 bits per heavy atom. The molecule has 0 aromatic carbocycles. The van der Waals surface area contributed by atoms with Crippen molar-refractivity contribution >= 4 is 15.9 Å². The Labute approximate surface area is 84.4 Å². The first-order valence-corrected chi connectivity index (χ1v) is 5.02. The van der Waals surface area contributed by atoms with E-state index in [4.69, 9.17) is 9.47 Å². The van der Waals surface area contributed by atoms with E-state index < -0.39 is 30.7 Å². The van der Waals surface area contributed by atoms with Crippen LogP contribution in [0.25, 0.3) is 0 Å². The van der Waals surface area contributed by atoms with Crippen LogP contribution in [0.2, 0.25) is 0 Å². The number of alkyl halides is 1. The maximum absolute atomic E-state index is 9.40. The molecule has 5 atom stereocenters. The van der Waals surface area contributed by atoms with E-state index in [1.165, 1.54) is 7.11 Å². The molecule has 1 saturated heterocycles. The predicted molar refractivity (Wildman–Crippen MR) is 47.5 cm³/mol. The smallest absolute Gasteiger partial charge is 0.186 e. The predicted octanol–water partition coefficient (Wildman–Crippen LogP) is -1.16. The van der Waals surface area contributed by atoms with E-state index in [1.54, 1.807) is 0 Å². The van der Waals surface area contributed by atoms with Crippen molar-refractivity contribution in [2.75, 3.05) is 12.4 Å². The molecule has 0 saturated carbocycles. The van der Waals surface area contributed by atoms with E-state index in [-0.39, 0.29) is 0 Å². The van der Waals surface area contributed by atoms with Crippen molar-refractivity contribution in [3.05, 3.63) is 0 Å². The Morgan fingerprint density at radius 1 is 1.23 bits per heavy atom. The summed E-state index contributed by atoms with van der Waals surface area (Å²) in [7, 11) is 1.36. The van der Waals surface area contributed by atoms with Crippen molar-refractivity contribution in [2.24, 2.45) is 0 Å². The van der Waals surface area contributed by atoms with Crippen LogP contribution in [-0.2, 0) is 9.47 Å². The summed E-state index contributed by atoms with van der Waals surface area (Å²) in [6, 6.07) is 0. The minimum Gasteiger partial charge on any atom is -0.388 e. The third-order valence-corrected chi connectivity index (χ3v) is 2.69. The minimum absolute atomic E-state index is 0.373. The molecule has 5 nitrogen and oxygen atoms in total. The van der Waals surface area contributed by atoms with Crippen LogP contribution in [0.3, 0.4) is 0 Å². The molecule has 0 aliphatic carbocycles. The fraction of sp³-hybridized carbons (Fsp3) is 1.00. The van der Waals surface area contributed by atoms with E-state index in [1.807, 2.05) is 0 Å². The number of methoxy groups -OCH3 is 1. The monoisotopic (exact) mass is 256 g/mol. The third kappa shape index (κ3) is 2.20. The molecule has 6 heteroatoms. The first kappa shape index (κ1) is 11.4. The number of hydrogen-bond donors (Lipinski definition) is 3. The van der Waals surface area contributed by atoms with Gasteiger partial charge in [0.2, 0.25) is 0 Å². The summed E-state index contributed by atoms with van der Waals surface area (Å²) in [4.78, 5) is 0. The van der Waals surface area contributed by atoms with E-state index in [0.29, 0.717) is 5.33 Å². The van der Waals surface area contributed by atoms with Crippen LogP contribution in [-0.4, -0.2) is 58.5 Å². The number of hydrogen-bond acceptors (Lipinski definition) is 5. The van der Waals surface area contributed by atoms with Gasteiger partial charge in [-0.15, -0.1) is 0 Å². The zero-order chi connectivity index (χ0) is 10.0. The Balaban J connectivity index is 2.66. The highest BCUT2D eigenvalue weighted by Crippen LogP contribution is 2.22. The van der Waals surface area contributed by atoms with Gasteiger partial charge in [0.05, 0.1) is 6.10 Å². The van der Waals surface area contributed by atoms with E-state index in [2.05, 4.69) is 15.9 Å². The average molecular weight is 257 g/mol. The van der Waals surface area contributed by atoms with Gasteiger partial charge in [-0.05, 0) is 0 Å². The Hall–Kier alpha value is 0.280. The quantitative estimate of drug-likeness (QED) is 0.543. The molecule has 0 spiro atoms. The van der Waals surface area contributed by atoms with Gasteiger partial charge in [0.15, 0.2) is 6.29 Å². The SMILES string of the molecule is CO[C@H]1O[C@H](CBr)[C@@H](O)[C@H](O)[C@H]1O. The van der Waals surface area contributed by atoms with Gasteiger partial charge in [-0.25, -0.2) is 0 Å². The van der Waals surface area contributed by atoms with Crippen molar-refractivity contribution in [3.63, 3.8) is 0 Å². The maximum Gasteiger partial charge on any atom is 0.186 e. The Morgan fingerprint density at radius 3 is 2.31 bits per heavy atom. The molecule has 1 fully saturated rings. The van der Waals surface area contributed by atoms with E-state index in [0.717, 1.165) is 0 Å². The lowest BCUT2D eigenvalue weighted by atomic mass is 10.0. The lowest BCUT2D eigenvalue weighted by Crippen LogP contribution is -2.58. The minimum atomic E-state index is -1.23. The summed E-state index contributed by atoms with van der Waals surface area (Å²) in [6.07, 6.45) is -5.00. The van der Waals surface area contributed by atoms with Gasteiger partial charge >= 0.3 is 0 Å². The molecule has 78 valence electrons. The first-order valence-electron chi connectivity index (χ1n) is 3.90. The molecule has 1 heterocycles. The van der Waals surface area contributed by atoms with Crippen LogP contribution in [0, 0.1) is 0 Å². The largest absolute Gasteiger partial charge is 0.388 e. The van der Waals surface area contributed by atoms with Gasteiger partial charge in [-0.1, -0.05) is 15.9 Å². The molecule has 0 radical (unpaired) electrons. The van der Waals surface area contributed by atoms with Crippen molar-refractivity contribution in [1.82, 2.24) is 0 Å². The summed E-state index contributed by atoms with van der Waals surface area (Å²) in [5, 5.41) is 28.5. The van der Waals surface area contributed by atoms with E-state index in [9.17, 15) is 15.3 Å². The lowest BCUT2D eigenvalue weighted by molar-refractivity contribution is -0.284. The topological polar surface area (TPSA) is 79.2 Å². The van der Waals surface area contributed by atoms with Crippen LogP contribution < -0.4 is 0 Å². The van der Waals surface area contributed by atoms with Crippen LogP contribution >= 0.6 is 15.9 Å². The highest BCUT2D eigenvalue weighted by atomic mass is 79.9. The van der Waals surface area contributed by atoms with Crippen molar-refractivity contribution in [3.8, 4) is 0 Å². The number of rotatable bonds is 2. The number of aliphatic hydroxyl groups is 3. The van der Waals surface area contributed by atoms with E-state index >= 15 is 0 Å². The average Bonchev–Trinajstić information content (AvgIpc) is 2.15. The molecule has 1 rings (SSSR count). The fourth-order valence-corrected chi connectivity index (χ4v) is 1.77.